The number of aromatic nitrogens is 1. The minimum absolute atomic E-state index is 0.206. The molecule has 0 atom stereocenters. The van der Waals surface area contributed by atoms with Crippen LogP contribution in [0.5, 0.6) is 5.75 Å². The first kappa shape index (κ1) is 17.5. The van der Waals surface area contributed by atoms with Crippen LogP contribution in [0.1, 0.15) is 28.9 Å². The molecule has 0 aliphatic carbocycles. The molecule has 0 saturated carbocycles. The zero-order valence-corrected chi connectivity index (χ0v) is 15.0. The summed E-state index contributed by atoms with van der Waals surface area (Å²) in [6.07, 6.45) is 0.918. The molecule has 1 aliphatic rings. The molecule has 3 aromatic rings. The van der Waals surface area contributed by atoms with Gasteiger partial charge >= 0.3 is 0 Å². The third-order valence-corrected chi connectivity index (χ3v) is 5.34. The predicted octanol–water partition coefficient (Wildman–Crippen LogP) is 3.44. The minimum Gasteiger partial charge on any atom is -0.496 e. The summed E-state index contributed by atoms with van der Waals surface area (Å²) in [5.74, 6) is -0.122. The van der Waals surface area contributed by atoms with Crippen LogP contribution in [-0.4, -0.2) is 41.1 Å². The Morgan fingerprint density at radius 2 is 1.89 bits per heavy atom. The number of rotatable bonds is 3. The summed E-state index contributed by atoms with van der Waals surface area (Å²) in [5.41, 5.74) is 0.525. The van der Waals surface area contributed by atoms with E-state index in [0.29, 0.717) is 42.8 Å². The highest BCUT2D eigenvalue weighted by Crippen LogP contribution is 2.34. The van der Waals surface area contributed by atoms with Crippen molar-refractivity contribution in [2.45, 2.75) is 18.4 Å². The third kappa shape index (κ3) is 3.06. The average molecular weight is 368 g/mol. The largest absolute Gasteiger partial charge is 0.496 e. The molecule has 0 radical (unpaired) electrons. The van der Waals surface area contributed by atoms with Gasteiger partial charge in [0.25, 0.3) is 5.91 Å². The van der Waals surface area contributed by atoms with Crippen molar-refractivity contribution in [1.82, 2.24) is 9.88 Å². The summed E-state index contributed by atoms with van der Waals surface area (Å²) in [6.45, 7) is 0.860. The number of aromatic amines is 1. The lowest BCUT2D eigenvalue weighted by molar-refractivity contribution is -0.0212. The molecule has 1 amide bonds. The van der Waals surface area contributed by atoms with E-state index in [9.17, 15) is 14.3 Å². The molecule has 4 rings (SSSR count). The van der Waals surface area contributed by atoms with Crippen molar-refractivity contribution in [1.29, 1.82) is 0 Å². The zero-order chi connectivity index (χ0) is 19.0. The van der Waals surface area contributed by atoms with Crippen molar-refractivity contribution < 1.29 is 19.0 Å². The number of halogens is 1. The molecular weight excluding hydrogens is 347 g/mol. The fourth-order valence-corrected chi connectivity index (χ4v) is 3.74. The lowest BCUT2D eigenvalue weighted by atomic mass is 9.84. The van der Waals surface area contributed by atoms with Gasteiger partial charge in [0.05, 0.1) is 18.2 Å². The molecule has 0 bridgehead atoms. The van der Waals surface area contributed by atoms with E-state index < -0.39 is 11.4 Å². The van der Waals surface area contributed by atoms with E-state index in [4.69, 9.17) is 4.74 Å². The van der Waals surface area contributed by atoms with Crippen molar-refractivity contribution in [3.63, 3.8) is 0 Å². The Morgan fingerprint density at radius 1 is 1.19 bits per heavy atom. The Kier molecular flexibility index (Phi) is 4.36. The van der Waals surface area contributed by atoms with Gasteiger partial charge in [-0.15, -0.1) is 0 Å². The normalized spacial score (nSPS) is 16.5. The van der Waals surface area contributed by atoms with E-state index in [-0.39, 0.29) is 11.4 Å². The van der Waals surface area contributed by atoms with Gasteiger partial charge < -0.3 is 19.7 Å². The Labute approximate surface area is 156 Å². The van der Waals surface area contributed by atoms with Crippen LogP contribution in [-0.2, 0) is 5.60 Å². The fourth-order valence-electron chi connectivity index (χ4n) is 3.74. The highest BCUT2D eigenvalue weighted by Gasteiger charge is 2.35. The lowest BCUT2D eigenvalue weighted by Crippen LogP contribution is -2.45. The molecule has 0 spiro atoms. The summed E-state index contributed by atoms with van der Waals surface area (Å²) in [4.78, 5) is 17.4. The first-order valence-electron chi connectivity index (χ1n) is 8.94. The number of hydrogen-bond acceptors (Lipinski definition) is 3. The van der Waals surface area contributed by atoms with Crippen molar-refractivity contribution in [2.24, 2.45) is 0 Å². The van der Waals surface area contributed by atoms with Gasteiger partial charge in [-0.2, -0.15) is 0 Å². The third-order valence-electron chi connectivity index (χ3n) is 5.34. The van der Waals surface area contributed by atoms with Gasteiger partial charge in [-0.3, -0.25) is 4.79 Å². The van der Waals surface area contributed by atoms with Crippen LogP contribution in [0.2, 0.25) is 0 Å². The standard InChI is InChI=1S/C21H21FN2O3/c1-27-18-8-7-16(22)19-15(18)13-17(23-19)20(25)24-11-9-21(26,10-12-24)14-5-3-2-4-6-14/h2-8,13,23,26H,9-12H2,1H3. The number of hydrogen-bond donors (Lipinski definition) is 2. The second kappa shape index (κ2) is 6.70. The number of likely N-dealkylation sites (tertiary alicyclic amines) is 1. The molecule has 6 heteroatoms. The minimum atomic E-state index is -0.923. The molecule has 2 heterocycles. The summed E-state index contributed by atoms with van der Waals surface area (Å²) in [6, 6.07) is 14.0. The highest BCUT2D eigenvalue weighted by atomic mass is 19.1. The van der Waals surface area contributed by atoms with Crippen LogP contribution in [0.25, 0.3) is 10.9 Å². The number of methoxy groups -OCH3 is 1. The van der Waals surface area contributed by atoms with E-state index in [2.05, 4.69) is 4.98 Å². The molecule has 1 aromatic heterocycles. The van der Waals surface area contributed by atoms with Crippen LogP contribution in [0.4, 0.5) is 4.39 Å². The summed E-state index contributed by atoms with van der Waals surface area (Å²) < 4.78 is 19.3. The Balaban J connectivity index is 1.55. The number of nitrogens with one attached hydrogen (secondary N) is 1. The molecule has 1 aliphatic heterocycles. The predicted molar refractivity (Wildman–Crippen MR) is 100 cm³/mol. The molecule has 2 N–H and O–H groups in total. The van der Waals surface area contributed by atoms with Crippen LogP contribution >= 0.6 is 0 Å². The molecule has 5 nitrogen and oxygen atoms in total. The molecular formula is C21H21FN2O3. The average Bonchev–Trinajstić information content (AvgIpc) is 3.15. The number of nitrogens with zero attached hydrogens (tertiary/aromatic N) is 1. The van der Waals surface area contributed by atoms with Gasteiger partial charge in [0.2, 0.25) is 0 Å². The van der Waals surface area contributed by atoms with Crippen LogP contribution < -0.4 is 4.74 Å². The van der Waals surface area contributed by atoms with Crippen LogP contribution in [0.15, 0.2) is 48.5 Å². The Morgan fingerprint density at radius 3 is 2.56 bits per heavy atom. The van der Waals surface area contributed by atoms with E-state index in [0.717, 1.165) is 5.56 Å². The molecule has 27 heavy (non-hydrogen) atoms. The first-order valence-corrected chi connectivity index (χ1v) is 8.94. The maximum absolute atomic E-state index is 14.1. The van der Waals surface area contributed by atoms with Gasteiger partial charge in [0, 0.05) is 18.5 Å². The van der Waals surface area contributed by atoms with Crippen molar-refractivity contribution in [2.75, 3.05) is 20.2 Å². The Hall–Kier alpha value is -2.86. The monoisotopic (exact) mass is 368 g/mol. The second-order valence-electron chi connectivity index (χ2n) is 6.91. The summed E-state index contributed by atoms with van der Waals surface area (Å²) >= 11 is 0. The first-order chi connectivity index (χ1) is 13.0. The quantitative estimate of drug-likeness (QED) is 0.744. The number of carbonyl (C=O) groups excluding carboxylic acids is 1. The number of amides is 1. The van der Waals surface area contributed by atoms with Gasteiger partial charge in [-0.1, -0.05) is 30.3 Å². The maximum atomic E-state index is 14.1. The van der Waals surface area contributed by atoms with Gasteiger partial charge in [-0.25, -0.2) is 4.39 Å². The van der Waals surface area contributed by atoms with Gasteiger partial charge in [-0.05, 0) is 36.6 Å². The Bertz CT molecular complexity index is 976. The number of piperidine rings is 1. The molecule has 1 fully saturated rings. The number of carbonyl (C=O) groups is 1. The molecule has 140 valence electrons. The van der Waals surface area contributed by atoms with Gasteiger partial charge in [0.15, 0.2) is 0 Å². The van der Waals surface area contributed by atoms with E-state index >= 15 is 0 Å². The molecule has 0 unspecified atom stereocenters. The van der Waals surface area contributed by atoms with Crippen LogP contribution in [0, 0.1) is 5.82 Å². The van der Waals surface area contributed by atoms with Crippen molar-refractivity contribution in [3.8, 4) is 5.75 Å². The number of benzene rings is 2. The number of fused-ring (bicyclic) bond motifs is 1. The topological polar surface area (TPSA) is 65.6 Å². The summed E-state index contributed by atoms with van der Waals surface area (Å²) in [5, 5.41) is 11.5. The van der Waals surface area contributed by atoms with Crippen molar-refractivity contribution >= 4 is 16.8 Å². The highest BCUT2D eigenvalue weighted by molar-refractivity contribution is 5.99. The summed E-state index contributed by atoms with van der Waals surface area (Å²) in [7, 11) is 1.51. The van der Waals surface area contributed by atoms with Crippen LogP contribution in [0.3, 0.4) is 0 Å². The van der Waals surface area contributed by atoms with Gasteiger partial charge in [0.1, 0.15) is 17.3 Å². The SMILES string of the molecule is COc1ccc(F)c2[nH]c(C(=O)N3CCC(O)(c4ccccc4)CC3)cc12. The van der Waals surface area contributed by atoms with E-state index in [1.807, 2.05) is 30.3 Å². The fraction of sp³-hybridized carbons (Fsp3) is 0.286. The zero-order valence-electron chi connectivity index (χ0n) is 15.0. The maximum Gasteiger partial charge on any atom is 0.270 e. The number of H-pyrrole nitrogens is 1. The molecule has 1 saturated heterocycles. The van der Waals surface area contributed by atoms with E-state index in [1.165, 1.54) is 13.2 Å². The lowest BCUT2D eigenvalue weighted by Gasteiger charge is -2.38. The number of ether oxygens (including phenoxy) is 1. The second-order valence-corrected chi connectivity index (χ2v) is 6.91. The van der Waals surface area contributed by atoms with E-state index in [1.54, 1.807) is 17.0 Å². The van der Waals surface area contributed by atoms with Crippen molar-refractivity contribution in [3.05, 3.63) is 65.6 Å². The smallest absolute Gasteiger partial charge is 0.270 e. The molecule has 2 aromatic carbocycles. The number of aliphatic hydroxyl groups is 1.